The van der Waals surface area contributed by atoms with E-state index < -0.39 is 18.0 Å². The SMILES string of the molecule is CCOC(=O)c1c(NC(=O)c2ccc(OC(C)C(=O)NN=Cc3cc(OC)ccc3OC)cc2)sc2c1CCC(C)C2. The smallest absolute Gasteiger partial charge is 0.341 e. The van der Waals surface area contributed by atoms with E-state index in [0.29, 0.717) is 44.9 Å². The molecule has 2 atom stereocenters. The number of carbonyl (C=O) groups excluding carboxylic acids is 3. The van der Waals surface area contributed by atoms with Gasteiger partial charge in [0.2, 0.25) is 0 Å². The van der Waals surface area contributed by atoms with Crippen molar-refractivity contribution < 1.29 is 33.3 Å². The lowest BCUT2D eigenvalue weighted by atomic mass is 9.88. The van der Waals surface area contributed by atoms with Crippen LogP contribution in [0.3, 0.4) is 0 Å². The van der Waals surface area contributed by atoms with Crippen LogP contribution in [0.15, 0.2) is 47.6 Å². The van der Waals surface area contributed by atoms with E-state index in [4.69, 9.17) is 18.9 Å². The fourth-order valence-corrected chi connectivity index (χ4v) is 5.97. The second-order valence-corrected chi connectivity index (χ2v) is 11.0. The molecule has 0 bridgehead atoms. The highest BCUT2D eigenvalue weighted by Crippen LogP contribution is 2.40. The maximum absolute atomic E-state index is 13.1. The Kier molecular flexibility index (Phi) is 10.2. The topological polar surface area (TPSA) is 125 Å². The number of rotatable bonds is 11. The number of nitrogens with one attached hydrogen (secondary N) is 2. The van der Waals surface area contributed by atoms with Gasteiger partial charge in [0.1, 0.15) is 22.2 Å². The van der Waals surface area contributed by atoms with Crippen molar-refractivity contribution in [3.05, 3.63) is 69.6 Å². The minimum atomic E-state index is -0.860. The third kappa shape index (κ3) is 7.27. The van der Waals surface area contributed by atoms with Gasteiger partial charge in [-0.3, -0.25) is 9.59 Å². The molecule has 11 heteroatoms. The fourth-order valence-electron chi connectivity index (χ4n) is 4.57. The molecule has 2 aromatic carbocycles. The summed E-state index contributed by atoms with van der Waals surface area (Å²) in [4.78, 5) is 39.5. The van der Waals surface area contributed by atoms with E-state index >= 15 is 0 Å². The summed E-state index contributed by atoms with van der Waals surface area (Å²) in [6.45, 7) is 5.80. The van der Waals surface area contributed by atoms with Crippen molar-refractivity contribution in [2.75, 3.05) is 26.1 Å². The van der Waals surface area contributed by atoms with Gasteiger partial charge in [0.15, 0.2) is 6.10 Å². The molecule has 0 aliphatic heterocycles. The Labute approximate surface area is 249 Å². The van der Waals surface area contributed by atoms with Crippen LogP contribution in [0.1, 0.15) is 63.9 Å². The van der Waals surface area contributed by atoms with Gasteiger partial charge in [-0.05, 0) is 87.1 Å². The third-order valence-corrected chi connectivity index (χ3v) is 8.00. The van der Waals surface area contributed by atoms with Gasteiger partial charge in [0.05, 0.1) is 32.6 Å². The van der Waals surface area contributed by atoms with Gasteiger partial charge in [0.25, 0.3) is 11.8 Å². The number of hydrogen-bond donors (Lipinski definition) is 2. The molecule has 2 amide bonds. The molecular weight excluding hydrogens is 558 g/mol. The minimum Gasteiger partial charge on any atom is -0.497 e. The van der Waals surface area contributed by atoms with Crippen LogP contribution in [-0.4, -0.2) is 50.9 Å². The van der Waals surface area contributed by atoms with Gasteiger partial charge in [-0.25, -0.2) is 10.2 Å². The van der Waals surface area contributed by atoms with E-state index in [0.717, 1.165) is 29.7 Å². The zero-order valence-corrected chi connectivity index (χ0v) is 25.1. The summed E-state index contributed by atoms with van der Waals surface area (Å²) in [7, 11) is 3.10. The normalized spacial score (nSPS) is 14.9. The molecule has 1 aromatic heterocycles. The van der Waals surface area contributed by atoms with E-state index in [9.17, 15) is 14.4 Å². The van der Waals surface area contributed by atoms with Crippen molar-refractivity contribution in [3.63, 3.8) is 0 Å². The summed E-state index contributed by atoms with van der Waals surface area (Å²) >= 11 is 1.44. The lowest BCUT2D eigenvalue weighted by Gasteiger charge is -2.18. The van der Waals surface area contributed by atoms with Crippen molar-refractivity contribution >= 4 is 40.3 Å². The lowest BCUT2D eigenvalue weighted by molar-refractivity contribution is -0.127. The summed E-state index contributed by atoms with van der Waals surface area (Å²) in [6.07, 6.45) is 3.25. The highest BCUT2D eigenvalue weighted by atomic mass is 32.1. The molecule has 0 fully saturated rings. The van der Waals surface area contributed by atoms with Gasteiger partial charge < -0.3 is 24.3 Å². The lowest BCUT2D eigenvalue weighted by Crippen LogP contribution is -2.33. The van der Waals surface area contributed by atoms with Crippen LogP contribution in [0.4, 0.5) is 5.00 Å². The second kappa shape index (κ2) is 14.0. The van der Waals surface area contributed by atoms with E-state index in [-0.39, 0.29) is 12.5 Å². The van der Waals surface area contributed by atoms with Crippen molar-refractivity contribution in [1.82, 2.24) is 5.43 Å². The molecule has 0 saturated heterocycles. The number of esters is 1. The van der Waals surface area contributed by atoms with E-state index in [1.165, 1.54) is 17.6 Å². The number of benzene rings is 2. The molecule has 0 spiro atoms. The fraction of sp³-hybridized carbons (Fsp3) is 0.355. The van der Waals surface area contributed by atoms with Crippen LogP contribution in [0.5, 0.6) is 17.2 Å². The first-order valence-corrected chi connectivity index (χ1v) is 14.5. The van der Waals surface area contributed by atoms with E-state index in [1.54, 1.807) is 70.5 Å². The Balaban J connectivity index is 1.37. The van der Waals surface area contributed by atoms with Crippen molar-refractivity contribution in [2.24, 2.45) is 11.0 Å². The maximum atomic E-state index is 13.1. The first kappa shape index (κ1) is 30.6. The highest BCUT2D eigenvalue weighted by Gasteiger charge is 2.29. The molecule has 4 rings (SSSR count). The quantitative estimate of drug-likeness (QED) is 0.177. The summed E-state index contributed by atoms with van der Waals surface area (Å²) in [5.74, 6) is 0.899. The van der Waals surface area contributed by atoms with Crippen LogP contribution in [-0.2, 0) is 22.4 Å². The van der Waals surface area contributed by atoms with Gasteiger partial charge in [0, 0.05) is 16.0 Å². The van der Waals surface area contributed by atoms with Crippen LogP contribution >= 0.6 is 11.3 Å². The largest absolute Gasteiger partial charge is 0.497 e. The zero-order chi connectivity index (χ0) is 30.2. The summed E-state index contributed by atoms with van der Waals surface area (Å²) in [5, 5.41) is 7.42. The average Bonchev–Trinajstić information content (AvgIpc) is 3.34. The van der Waals surface area contributed by atoms with Crippen LogP contribution in [0, 0.1) is 5.92 Å². The van der Waals surface area contributed by atoms with E-state index in [2.05, 4.69) is 22.8 Å². The first-order valence-electron chi connectivity index (χ1n) is 13.7. The van der Waals surface area contributed by atoms with Crippen LogP contribution in [0.2, 0.25) is 0 Å². The minimum absolute atomic E-state index is 0.258. The van der Waals surface area contributed by atoms with E-state index in [1.807, 2.05) is 0 Å². The Bertz CT molecular complexity index is 1470. The number of hydrogen-bond acceptors (Lipinski definition) is 9. The number of nitrogens with zero attached hydrogens (tertiary/aromatic N) is 1. The number of thiophene rings is 1. The number of carbonyl (C=O) groups is 3. The molecule has 3 aromatic rings. The molecule has 1 aliphatic rings. The van der Waals surface area contributed by atoms with Gasteiger partial charge in [-0.15, -0.1) is 11.3 Å². The Morgan fingerprint density at radius 2 is 1.83 bits per heavy atom. The summed E-state index contributed by atoms with van der Waals surface area (Å²) < 4.78 is 21.5. The second-order valence-electron chi connectivity index (χ2n) is 9.86. The monoisotopic (exact) mass is 593 g/mol. The molecular formula is C31H35N3O7S. The number of fused-ring (bicyclic) bond motifs is 1. The molecule has 0 saturated carbocycles. The van der Waals surface area contributed by atoms with Gasteiger partial charge >= 0.3 is 5.97 Å². The Morgan fingerprint density at radius 3 is 2.52 bits per heavy atom. The van der Waals surface area contributed by atoms with Crippen LogP contribution < -0.4 is 25.0 Å². The number of ether oxygens (including phenoxy) is 4. The average molecular weight is 594 g/mol. The summed E-state index contributed by atoms with van der Waals surface area (Å²) in [5.41, 5.74) is 4.91. The number of methoxy groups -OCH3 is 2. The van der Waals surface area contributed by atoms with Gasteiger partial charge in [-0.2, -0.15) is 5.10 Å². The summed E-state index contributed by atoms with van der Waals surface area (Å²) in [6, 6.07) is 11.6. The molecule has 42 heavy (non-hydrogen) atoms. The predicted octanol–water partition coefficient (Wildman–Crippen LogP) is 5.24. The Hall–Kier alpha value is -4.38. The maximum Gasteiger partial charge on any atom is 0.341 e. The number of anilines is 1. The number of hydrazone groups is 1. The van der Waals surface area contributed by atoms with Crippen molar-refractivity contribution in [3.8, 4) is 17.2 Å². The molecule has 2 N–H and O–H groups in total. The van der Waals surface area contributed by atoms with Crippen molar-refractivity contribution in [1.29, 1.82) is 0 Å². The molecule has 1 aliphatic carbocycles. The highest BCUT2D eigenvalue weighted by molar-refractivity contribution is 7.17. The molecule has 0 radical (unpaired) electrons. The first-order chi connectivity index (χ1) is 20.2. The molecule has 10 nitrogen and oxygen atoms in total. The molecule has 222 valence electrons. The zero-order valence-electron chi connectivity index (χ0n) is 24.3. The number of amides is 2. The molecule has 2 unspecified atom stereocenters. The predicted molar refractivity (Wildman–Crippen MR) is 161 cm³/mol. The standard InChI is InChI=1S/C31H35N3O7S/c1-6-40-31(37)27-24-13-7-18(2)15-26(24)42-30(27)33-29(36)20-8-10-22(11-9-20)41-19(3)28(35)34-32-17-21-16-23(38-4)12-14-25(21)39-5/h8-12,14,16-19H,6-7,13,15H2,1-5H3,(H,33,36)(H,34,35). The Morgan fingerprint density at radius 1 is 1.10 bits per heavy atom. The van der Waals surface area contributed by atoms with Gasteiger partial charge in [-0.1, -0.05) is 6.92 Å². The third-order valence-electron chi connectivity index (χ3n) is 6.83. The van der Waals surface area contributed by atoms with Crippen molar-refractivity contribution in [2.45, 2.75) is 46.1 Å². The molecule has 1 heterocycles. The van der Waals surface area contributed by atoms with Crippen LogP contribution in [0.25, 0.3) is 0 Å².